The van der Waals surface area contributed by atoms with Gasteiger partial charge in [0, 0.05) is 25.3 Å². The van der Waals surface area contributed by atoms with Crippen LogP contribution in [0, 0.1) is 5.82 Å². The van der Waals surface area contributed by atoms with E-state index in [1.54, 1.807) is 12.3 Å². The largest absolute Gasteiger partial charge is 0.469 e. The molecule has 0 spiro atoms. The fraction of sp³-hybridized carbons (Fsp3) is 0.267. The number of nitrogens with zero attached hydrogens (tertiary/aromatic N) is 2. The lowest BCUT2D eigenvalue weighted by Crippen LogP contribution is -2.06. The lowest BCUT2D eigenvalue weighted by molar-refractivity contribution is 0.490. The van der Waals surface area contributed by atoms with Gasteiger partial charge in [0.25, 0.3) is 0 Å². The molecule has 0 aliphatic heterocycles. The van der Waals surface area contributed by atoms with Crippen LogP contribution >= 0.6 is 11.6 Å². The molecule has 0 fully saturated rings. The summed E-state index contributed by atoms with van der Waals surface area (Å²) in [6, 6.07) is 8.44. The molecule has 0 N–H and O–H groups in total. The number of furan rings is 1. The molecular weight excluding hydrogens is 279 g/mol. The number of benzene rings is 1. The minimum Gasteiger partial charge on any atom is -0.469 e. The number of imidazole rings is 1. The van der Waals surface area contributed by atoms with Gasteiger partial charge in [0.2, 0.25) is 0 Å². The van der Waals surface area contributed by atoms with Gasteiger partial charge in [0.15, 0.2) is 0 Å². The quantitative estimate of drug-likeness (QED) is 0.670. The highest BCUT2D eigenvalue weighted by Crippen LogP contribution is 2.19. The van der Waals surface area contributed by atoms with Crippen LogP contribution in [0.2, 0.25) is 0 Å². The van der Waals surface area contributed by atoms with Gasteiger partial charge in [-0.25, -0.2) is 9.37 Å². The molecule has 0 bridgehead atoms. The third-order valence-electron chi connectivity index (χ3n) is 3.27. The topological polar surface area (TPSA) is 31.0 Å². The summed E-state index contributed by atoms with van der Waals surface area (Å²) in [7, 11) is 0. The molecule has 0 amide bonds. The summed E-state index contributed by atoms with van der Waals surface area (Å²) in [5.74, 6) is 2.02. The van der Waals surface area contributed by atoms with Gasteiger partial charge in [-0.3, -0.25) is 0 Å². The van der Waals surface area contributed by atoms with Gasteiger partial charge in [-0.05, 0) is 30.3 Å². The molecule has 0 radical (unpaired) electrons. The van der Waals surface area contributed by atoms with Gasteiger partial charge in [0.1, 0.15) is 17.4 Å². The van der Waals surface area contributed by atoms with Gasteiger partial charge in [-0.2, -0.15) is 0 Å². The Morgan fingerprint density at radius 2 is 2.15 bits per heavy atom. The van der Waals surface area contributed by atoms with Gasteiger partial charge in [0.05, 0.1) is 17.3 Å². The Morgan fingerprint density at radius 1 is 1.25 bits per heavy atom. The van der Waals surface area contributed by atoms with E-state index in [2.05, 4.69) is 4.98 Å². The minimum atomic E-state index is -0.255. The third kappa shape index (κ3) is 2.56. The van der Waals surface area contributed by atoms with Crippen LogP contribution in [-0.2, 0) is 19.4 Å². The number of hydrogen-bond acceptors (Lipinski definition) is 2. The summed E-state index contributed by atoms with van der Waals surface area (Å²) in [5.41, 5.74) is 1.60. The fourth-order valence-electron chi connectivity index (χ4n) is 2.35. The van der Waals surface area contributed by atoms with Gasteiger partial charge in [-0.1, -0.05) is 0 Å². The lowest BCUT2D eigenvalue weighted by Gasteiger charge is -2.07. The molecule has 20 heavy (non-hydrogen) atoms. The van der Waals surface area contributed by atoms with E-state index in [9.17, 15) is 4.39 Å². The molecule has 2 heterocycles. The molecule has 0 aliphatic carbocycles. The van der Waals surface area contributed by atoms with Crippen molar-refractivity contribution in [3.8, 4) is 0 Å². The molecule has 5 heteroatoms. The molecular formula is C15H14ClFN2O. The first-order valence-electron chi connectivity index (χ1n) is 6.51. The average Bonchev–Trinajstić information content (AvgIpc) is 3.04. The number of alkyl halides is 1. The summed E-state index contributed by atoms with van der Waals surface area (Å²) < 4.78 is 20.8. The maximum atomic E-state index is 13.4. The summed E-state index contributed by atoms with van der Waals surface area (Å²) in [4.78, 5) is 4.52. The first-order chi connectivity index (χ1) is 9.78. The predicted molar refractivity (Wildman–Crippen MR) is 76.5 cm³/mol. The van der Waals surface area contributed by atoms with Gasteiger partial charge >= 0.3 is 0 Å². The van der Waals surface area contributed by atoms with Crippen LogP contribution in [0.15, 0.2) is 41.0 Å². The molecule has 2 aromatic heterocycles. The SMILES string of the molecule is Fc1ccc2nc(CCCl)n(CCc3ccco3)c2c1. The fourth-order valence-corrected chi connectivity index (χ4v) is 2.52. The van der Waals surface area contributed by atoms with Crippen molar-refractivity contribution in [2.75, 3.05) is 5.88 Å². The first-order valence-corrected chi connectivity index (χ1v) is 7.04. The van der Waals surface area contributed by atoms with Crippen molar-refractivity contribution >= 4 is 22.6 Å². The predicted octanol–water partition coefficient (Wildman–Crippen LogP) is 3.79. The van der Waals surface area contributed by atoms with Crippen LogP contribution in [0.25, 0.3) is 11.0 Å². The van der Waals surface area contributed by atoms with Crippen LogP contribution in [0.4, 0.5) is 4.39 Å². The van der Waals surface area contributed by atoms with E-state index in [0.29, 0.717) is 18.8 Å². The maximum Gasteiger partial charge on any atom is 0.125 e. The van der Waals surface area contributed by atoms with E-state index in [-0.39, 0.29) is 5.82 Å². The van der Waals surface area contributed by atoms with Crippen LogP contribution in [-0.4, -0.2) is 15.4 Å². The van der Waals surface area contributed by atoms with E-state index in [4.69, 9.17) is 16.0 Å². The van der Waals surface area contributed by atoms with Crippen molar-refractivity contribution in [2.45, 2.75) is 19.4 Å². The van der Waals surface area contributed by atoms with E-state index in [1.165, 1.54) is 12.1 Å². The van der Waals surface area contributed by atoms with Crippen LogP contribution in [0.1, 0.15) is 11.6 Å². The summed E-state index contributed by atoms with van der Waals surface area (Å²) >= 11 is 5.82. The molecule has 3 rings (SSSR count). The number of hydrogen-bond donors (Lipinski definition) is 0. The second kappa shape index (κ2) is 5.67. The second-order valence-electron chi connectivity index (χ2n) is 4.58. The number of aryl methyl sites for hydroxylation is 3. The van der Waals surface area contributed by atoms with Crippen molar-refractivity contribution < 1.29 is 8.81 Å². The van der Waals surface area contributed by atoms with Crippen molar-refractivity contribution in [3.63, 3.8) is 0 Å². The lowest BCUT2D eigenvalue weighted by atomic mass is 10.3. The summed E-state index contributed by atoms with van der Waals surface area (Å²) in [6.45, 7) is 0.694. The van der Waals surface area contributed by atoms with E-state index < -0.39 is 0 Å². The molecule has 3 aromatic rings. The van der Waals surface area contributed by atoms with Crippen molar-refractivity contribution in [3.05, 3.63) is 54.0 Å². The molecule has 0 atom stereocenters. The molecule has 0 saturated carbocycles. The molecule has 0 aliphatic rings. The number of aromatic nitrogens is 2. The summed E-state index contributed by atoms with van der Waals surface area (Å²) in [5, 5.41) is 0. The Hall–Kier alpha value is -1.81. The van der Waals surface area contributed by atoms with Gasteiger partial charge < -0.3 is 8.98 Å². The monoisotopic (exact) mass is 292 g/mol. The molecule has 1 aromatic carbocycles. The highest BCUT2D eigenvalue weighted by atomic mass is 35.5. The van der Waals surface area contributed by atoms with Crippen LogP contribution in [0.3, 0.4) is 0 Å². The Kier molecular flexibility index (Phi) is 3.74. The second-order valence-corrected chi connectivity index (χ2v) is 4.96. The smallest absolute Gasteiger partial charge is 0.125 e. The Bertz CT molecular complexity index is 706. The Balaban J connectivity index is 1.96. The first kappa shape index (κ1) is 13.2. The van der Waals surface area contributed by atoms with Crippen molar-refractivity contribution in [2.24, 2.45) is 0 Å². The zero-order valence-electron chi connectivity index (χ0n) is 10.9. The Labute approximate surface area is 121 Å². The Morgan fingerprint density at radius 3 is 2.90 bits per heavy atom. The zero-order valence-corrected chi connectivity index (χ0v) is 11.6. The van der Waals surface area contributed by atoms with Crippen molar-refractivity contribution in [1.29, 1.82) is 0 Å². The highest BCUT2D eigenvalue weighted by Gasteiger charge is 2.11. The molecule has 104 valence electrons. The zero-order chi connectivity index (χ0) is 13.9. The minimum absolute atomic E-state index is 0.255. The maximum absolute atomic E-state index is 13.4. The van der Waals surface area contributed by atoms with Crippen LogP contribution in [0.5, 0.6) is 0 Å². The van der Waals surface area contributed by atoms with Crippen LogP contribution < -0.4 is 0 Å². The number of fused-ring (bicyclic) bond motifs is 1. The standard InChI is InChI=1S/C15H14ClFN2O/c16-7-5-15-18-13-4-3-11(17)10-14(13)19(15)8-6-12-2-1-9-20-12/h1-4,9-10H,5-8H2. The van der Waals surface area contributed by atoms with Crippen molar-refractivity contribution in [1.82, 2.24) is 9.55 Å². The average molecular weight is 293 g/mol. The number of halogens is 2. The molecule has 3 nitrogen and oxygen atoms in total. The van der Waals surface area contributed by atoms with E-state index >= 15 is 0 Å². The summed E-state index contributed by atoms with van der Waals surface area (Å²) in [6.07, 6.45) is 3.06. The number of rotatable bonds is 5. The third-order valence-corrected chi connectivity index (χ3v) is 3.46. The van der Waals surface area contributed by atoms with Gasteiger partial charge in [-0.15, -0.1) is 11.6 Å². The van der Waals surface area contributed by atoms with E-state index in [1.807, 2.05) is 16.7 Å². The van der Waals surface area contributed by atoms with E-state index in [0.717, 1.165) is 29.0 Å². The highest BCUT2D eigenvalue weighted by molar-refractivity contribution is 6.17. The molecule has 0 unspecified atom stereocenters. The normalized spacial score (nSPS) is 11.3. The molecule has 0 saturated heterocycles.